The molecule has 0 fully saturated rings. The summed E-state index contributed by atoms with van der Waals surface area (Å²) in [7, 11) is 0. The van der Waals surface area contributed by atoms with E-state index in [0.29, 0.717) is 5.82 Å². The largest absolute Gasteiger partial charge is 0.308 e. The van der Waals surface area contributed by atoms with Gasteiger partial charge in [0.05, 0.1) is 5.69 Å². The van der Waals surface area contributed by atoms with E-state index in [-0.39, 0.29) is 17.6 Å². The Bertz CT molecular complexity index is 563. The van der Waals surface area contributed by atoms with Crippen molar-refractivity contribution in [2.45, 2.75) is 20.4 Å². The van der Waals surface area contributed by atoms with Gasteiger partial charge in [-0.3, -0.25) is 9.48 Å². The Labute approximate surface area is 109 Å². The summed E-state index contributed by atoms with van der Waals surface area (Å²) in [5, 5.41) is 14.5. The van der Waals surface area contributed by atoms with E-state index in [2.05, 4.69) is 20.6 Å². The minimum Gasteiger partial charge on any atom is -0.308 e. The molecule has 2 rings (SSSR count). The number of hydrogen-bond acceptors (Lipinski definition) is 4. The number of amides is 1. The van der Waals surface area contributed by atoms with Crippen LogP contribution in [-0.4, -0.2) is 25.9 Å². The third-order valence-corrected chi connectivity index (χ3v) is 2.50. The molecule has 0 saturated carbocycles. The lowest BCUT2D eigenvalue weighted by Gasteiger charge is -2.05. The van der Waals surface area contributed by atoms with E-state index in [1.807, 2.05) is 19.9 Å². The summed E-state index contributed by atoms with van der Waals surface area (Å²) in [6, 6.07) is 5.07. The first kappa shape index (κ1) is 12.5. The van der Waals surface area contributed by atoms with Crippen molar-refractivity contribution in [1.29, 1.82) is 0 Å². The van der Waals surface area contributed by atoms with Gasteiger partial charge in [-0.1, -0.05) is 11.6 Å². The Morgan fingerprint density at radius 2 is 2.17 bits per heavy atom. The number of carbonyl (C=O) groups is 1. The van der Waals surface area contributed by atoms with Gasteiger partial charge in [0.1, 0.15) is 6.54 Å². The molecule has 0 radical (unpaired) electrons. The molecule has 2 aromatic rings. The molecule has 0 aliphatic rings. The topological polar surface area (TPSA) is 72.7 Å². The Kier molecular flexibility index (Phi) is 3.57. The maximum atomic E-state index is 11.8. The van der Waals surface area contributed by atoms with Crippen LogP contribution in [0.25, 0.3) is 0 Å². The summed E-state index contributed by atoms with van der Waals surface area (Å²) >= 11 is 5.60. The summed E-state index contributed by atoms with van der Waals surface area (Å²) in [5.41, 5.74) is 1.82. The van der Waals surface area contributed by atoms with Crippen molar-refractivity contribution in [2.24, 2.45) is 0 Å². The molecule has 0 aliphatic carbocycles. The lowest BCUT2D eigenvalue weighted by molar-refractivity contribution is -0.117. The van der Waals surface area contributed by atoms with Crippen molar-refractivity contribution in [2.75, 3.05) is 5.32 Å². The molecule has 7 heteroatoms. The standard InChI is InChI=1S/C11H12ClN5O/c1-7-5-8(2)17(16-7)6-11(18)13-10-4-3-9(12)14-15-10/h3-5H,6H2,1-2H3,(H,13,15,18). The number of aromatic nitrogens is 4. The third kappa shape index (κ3) is 3.04. The smallest absolute Gasteiger partial charge is 0.247 e. The summed E-state index contributed by atoms with van der Waals surface area (Å²) in [6.07, 6.45) is 0. The fraction of sp³-hybridized carbons (Fsp3) is 0.273. The Hall–Kier alpha value is -1.95. The van der Waals surface area contributed by atoms with Crippen LogP contribution in [0.5, 0.6) is 0 Å². The number of halogens is 1. The maximum Gasteiger partial charge on any atom is 0.247 e. The number of nitrogens with zero attached hydrogens (tertiary/aromatic N) is 4. The number of nitrogens with one attached hydrogen (secondary N) is 1. The highest BCUT2D eigenvalue weighted by atomic mass is 35.5. The van der Waals surface area contributed by atoms with Crippen LogP contribution in [-0.2, 0) is 11.3 Å². The molecule has 6 nitrogen and oxygen atoms in total. The van der Waals surface area contributed by atoms with Crippen molar-refractivity contribution in [3.63, 3.8) is 0 Å². The number of rotatable bonds is 3. The summed E-state index contributed by atoms with van der Waals surface area (Å²) < 4.78 is 1.63. The van der Waals surface area contributed by atoms with Gasteiger partial charge in [-0.25, -0.2) is 0 Å². The molecule has 0 aliphatic heterocycles. The second-order valence-corrected chi connectivity index (χ2v) is 4.26. The van der Waals surface area contributed by atoms with E-state index >= 15 is 0 Å². The average Bonchev–Trinajstić information content (AvgIpc) is 2.61. The lowest BCUT2D eigenvalue weighted by atomic mass is 10.4. The van der Waals surface area contributed by atoms with Crippen LogP contribution in [0.3, 0.4) is 0 Å². The first-order valence-electron chi connectivity index (χ1n) is 5.35. The van der Waals surface area contributed by atoms with Gasteiger partial charge in [0.2, 0.25) is 5.91 Å². The number of anilines is 1. The fourth-order valence-corrected chi connectivity index (χ4v) is 1.64. The minimum absolute atomic E-state index is 0.143. The molecule has 0 saturated heterocycles. The maximum absolute atomic E-state index is 11.8. The molecule has 94 valence electrons. The predicted molar refractivity (Wildman–Crippen MR) is 67.4 cm³/mol. The van der Waals surface area contributed by atoms with E-state index < -0.39 is 0 Å². The Balaban J connectivity index is 2.01. The quantitative estimate of drug-likeness (QED) is 0.915. The van der Waals surface area contributed by atoms with Crippen molar-refractivity contribution in [3.05, 3.63) is 34.7 Å². The van der Waals surface area contributed by atoms with E-state index in [1.54, 1.807) is 16.8 Å². The van der Waals surface area contributed by atoms with E-state index in [4.69, 9.17) is 11.6 Å². The van der Waals surface area contributed by atoms with E-state index in [9.17, 15) is 4.79 Å². The van der Waals surface area contributed by atoms with Crippen LogP contribution in [0, 0.1) is 13.8 Å². The number of carbonyl (C=O) groups excluding carboxylic acids is 1. The predicted octanol–water partition coefficient (Wildman–Crippen LogP) is 1.58. The highest BCUT2D eigenvalue weighted by Crippen LogP contribution is 2.07. The van der Waals surface area contributed by atoms with Gasteiger partial charge in [0.15, 0.2) is 11.0 Å². The van der Waals surface area contributed by atoms with Crippen molar-refractivity contribution in [3.8, 4) is 0 Å². The normalized spacial score (nSPS) is 10.4. The highest BCUT2D eigenvalue weighted by molar-refractivity contribution is 6.29. The first-order valence-corrected chi connectivity index (χ1v) is 5.72. The zero-order valence-corrected chi connectivity index (χ0v) is 10.8. The SMILES string of the molecule is Cc1cc(C)n(CC(=O)Nc2ccc(Cl)nn2)n1. The second-order valence-electron chi connectivity index (χ2n) is 3.87. The van der Waals surface area contributed by atoms with E-state index in [1.165, 1.54) is 0 Å². The van der Waals surface area contributed by atoms with Crippen LogP contribution < -0.4 is 5.32 Å². The van der Waals surface area contributed by atoms with Gasteiger partial charge in [-0.15, -0.1) is 10.2 Å². The lowest BCUT2D eigenvalue weighted by Crippen LogP contribution is -2.21. The van der Waals surface area contributed by atoms with E-state index in [0.717, 1.165) is 11.4 Å². The van der Waals surface area contributed by atoms with Crippen LogP contribution in [0.2, 0.25) is 5.15 Å². The van der Waals surface area contributed by atoms with Crippen molar-refractivity contribution in [1.82, 2.24) is 20.0 Å². The monoisotopic (exact) mass is 265 g/mol. The second kappa shape index (κ2) is 5.14. The van der Waals surface area contributed by atoms with Gasteiger partial charge in [0.25, 0.3) is 0 Å². The molecular weight excluding hydrogens is 254 g/mol. The zero-order chi connectivity index (χ0) is 13.1. The van der Waals surface area contributed by atoms with Crippen LogP contribution >= 0.6 is 11.6 Å². The van der Waals surface area contributed by atoms with Crippen molar-refractivity contribution < 1.29 is 4.79 Å². The van der Waals surface area contributed by atoms with Gasteiger partial charge >= 0.3 is 0 Å². The summed E-state index contributed by atoms with van der Waals surface area (Å²) in [5.74, 6) is 0.156. The molecule has 1 N–H and O–H groups in total. The molecule has 0 bridgehead atoms. The third-order valence-electron chi connectivity index (χ3n) is 2.30. The fourth-order valence-electron chi connectivity index (χ4n) is 1.54. The van der Waals surface area contributed by atoms with Crippen LogP contribution in [0.15, 0.2) is 18.2 Å². The molecule has 0 spiro atoms. The Morgan fingerprint density at radius 1 is 1.39 bits per heavy atom. The van der Waals surface area contributed by atoms with Gasteiger partial charge in [-0.2, -0.15) is 5.10 Å². The zero-order valence-electron chi connectivity index (χ0n) is 10.0. The van der Waals surface area contributed by atoms with Crippen molar-refractivity contribution >= 4 is 23.3 Å². The molecule has 2 aromatic heterocycles. The van der Waals surface area contributed by atoms with Crippen LogP contribution in [0.1, 0.15) is 11.4 Å². The van der Waals surface area contributed by atoms with Crippen LogP contribution in [0.4, 0.5) is 5.82 Å². The summed E-state index contributed by atoms with van der Waals surface area (Å²) in [4.78, 5) is 11.8. The van der Waals surface area contributed by atoms with Gasteiger partial charge < -0.3 is 5.32 Å². The summed E-state index contributed by atoms with van der Waals surface area (Å²) in [6.45, 7) is 3.92. The molecule has 2 heterocycles. The first-order chi connectivity index (χ1) is 8.54. The molecular formula is C11H12ClN5O. The Morgan fingerprint density at radius 3 is 2.72 bits per heavy atom. The minimum atomic E-state index is -0.210. The molecule has 18 heavy (non-hydrogen) atoms. The molecule has 1 amide bonds. The molecule has 0 aromatic carbocycles. The molecule has 0 atom stereocenters. The number of aryl methyl sites for hydroxylation is 2. The highest BCUT2D eigenvalue weighted by Gasteiger charge is 2.08. The van der Waals surface area contributed by atoms with Gasteiger partial charge in [0, 0.05) is 5.69 Å². The number of hydrogen-bond donors (Lipinski definition) is 1. The average molecular weight is 266 g/mol. The molecule has 0 unspecified atom stereocenters. The van der Waals surface area contributed by atoms with Gasteiger partial charge in [-0.05, 0) is 32.0 Å².